The number of hydrogen-bond donors (Lipinski definition) is 0. The summed E-state index contributed by atoms with van der Waals surface area (Å²) in [5.41, 5.74) is 1.76. The number of methoxy groups -OCH3 is 1. The molecule has 5 nitrogen and oxygen atoms in total. The Balaban J connectivity index is 1.66. The van der Waals surface area contributed by atoms with Crippen molar-refractivity contribution in [3.8, 4) is 5.75 Å². The van der Waals surface area contributed by atoms with Gasteiger partial charge in [0.25, 0.3) is 5.78 Å². The third kappa shape index (κ3) is 3.44. The quantitative estimate of drug-likeness (QED) is 0.590. The fraction of sp³-hybridized carbons (Fsp3) is 0.348. The molecular formula is C23H22O5. The lowest BCUT2D eigenvalue weighted by molar-refractivity contribution is -0.115. The van der Waals surface area contributed by atoms with Crippen molar-refractivity contribution in [1.82, 2.24) is 0 Å². The molecule has 1 aromatic rings. The minimum absolute atomic E-state index is 0.0642. The Hall–Kier alpha value is -2.95. The van der Waals surface area contributed by atoms with E-state index in [1.54, 1.807) is 6.07 Å². The third-order valence-corrected chi connectivity index (χ3v) is 5.59. The second kappa shape index (κ2) is 7.58. The predicted molar refractivity (Wildman–Crippen MR) is 103 cm³/mol. The normalized spacial score (nSPS) is 22.6. The van der Waals surface area contributed by atoms with Gasteiger partial charge in [0.15, 0.2) is 11.5 Å². The van der Waals surface area contributed by atoms with Gasteiger partial charge in [-0.05, 0) is 48.3 Å². The molecule has 28 heavy (non-hydrogen) atoms. The second-order valence-electron chi connectivity index (χ2n) is 7.49. The van der Waals surface area contributed by atoms with E-state index >= 15 is 0 Å². The van der Waals surface area contributed by atoms with Gasteiger partial charge >= 0.3 is 0 Å². The molecule has 0 spiro atoms. The zero-order valence-electron chi connectivity index (χ0n) is 15.8. The van der Waals surface area contributed by atoms with E-state index in [-0.39, 0.29) is 22.9 Å². The van der Waals surface area contributed by atoms with Crippen LogP contribution in [0.3, 0.4) is 0 Å². The van der Waals surface area contributed by atoms with E-state index in [0.29, 0.717) is 17.2 Å². The number of rotatable bonds is 3. The van der Waals surface area contributed by atoms with Gasteiger partial charge < -0.3 is 9.47 Å². The summed E-state index contributed by atoms with van der Waals surface area (Å²) < 4.78 is 10.9. The number of Topliss-reactive ketones (excluding diaryl/α,β-unsaturated/α-hetero) is 2. The van der Waals surface area contributed by atoms with Crippen LogP contribution >= 0.6 is 0 Å². The highest BCUT2D eigenvalue weighted by atomic mass is 16.5. The van der Waals surface area contributed by atoms with Crippen LogP contribution in [0, 0.1) is 5.92 Å². The van der Waals surface area contributed by atoms with Gasteiger partial charge in [0.05, 0.1) is 12.7 Å². The molecule has 1 saturated carbocycles. The first kappa shape index (κ1) is 18.4. The second-order valence-corrected chi connectivity index (χ2v) is 7.49. The predicted octanol–water partition coefficient (Wildman–Crippen LogP) is 3.88. The Bertz CT molecular complexity index is 942. The van der Waals surface area contributed by atoms with Crippen molar-refractivity contribution in [3.05, 3.63) is 64.6 Å². The maximum Gasteiger partial charge on any atom is 0.269 e. The summed E-state index contributed by atoms with van der Waals surface area (Å²) in [7, 11) is 1.38. The van der Waals surface area contributed by atoms with Gasteiger partial charge in [0, 0.05) is 5.57 Å². The molecule has 1 heterocycles. The molecule has 0 radical (unpaired) electrons. The highest BCUT2D eigenvalue weighted by Gasteiger charge is 2.34. The lowest BCUT2D eigenvalue weighted by Crippen LogP contribution is -2.27. The molecule has 0 aromatic heterocycles. The van der Waals surface area contributed by atoms with E-state index < -0.39 is 11.6 Å². The van der Waals surface area contributed by atoms with E-state index in [9.17, 15) is 14.4 Å². The average Bonchev–Trinajstić information content (AvgIpc) is 2.72. The molecule has 1 fully saturated rings. The number of carbonyl (C=O) groups excluding carboxylic acids is 3. The first-order chi connectivity index (χ1) is 13.6. The van der Waals surface area contributed by atoms with Crippen molar-refractivity contribution in [1.29, 1.82) is 0 Å². The lowest BCUT2D eigenvalue weighted by atomic mass is 9.84. The first-order valence-electron chi connectivity index (χ1n) is 9.69. The molecule has 0 saturated heterocycles. The standard InChI is InChI=1S/C23H22O5/c1-27-20-13-16(8-10-18(20)24)23-22(26)21(25)17-9-7-15(12-19(17)28-23)11-14-5-3-2-4-6-14/h7-10,12-14H,2-6,11H2,1H3. The number of carbonyl (C=O) groups is 3. The van der Waals surface area contributed by atoms with Gasteiger partial charge in [-0.25, -0.2) is 0 Å². The summed E-state index contributed by atoms with van der Waals surface area (Å²) in [6, 6.07) is 5.47. The molecule has 1 aromatic carbocycles. The van der Waals surface area contributed by atoms with Crippen LogP contribution < -0.4 is 4.74 Å². The molecule has 0 unspecified atom stereocenters. The summed E-state index contributed by atoms with van der Waals surface area (Å²) in [5.74, 6) is -0.505. The van der Waals surface area contributed by atoms with Crippen LogP contribution in [0.15, 0.2) is 53.5 Å². The minimum atomic E-state index is -0.715. The number of fused-ring (bicyclic) bond motifs is 1. The summed E-state index contributed by atoms with van der Waals surface area (Å²) in [6.45, 7) is 0. The van der Waals surface area contributed by atoms with Crippen molar-refractivity contribution >= 4 is 17.3 Å². The van der Waals surface area contributed by atoms with Crippen molar-refractivity contribution in [2.24, 2.45) is 5.92 Å². The topological polar surface area (TPSA) is 69.7 Å². The number of hydrogen-bond acceptors (Lipinski definition) is 5. The Morgan fingerprint density at radius 3 is 2.57 bits per heavy atom. The fourth-order valence-electron chi connectivity index (χ4n) is 4.07. The van der Waals surface area contributed by atoms with Gasteiger partial charge in [0.2, 0.25) is 11.6 Å². The highest BCUT2D eigenvalue weighted by molar-refractivity contribution is 6.50. The highest BCUT2D eigenvalue weighted by Crippen LogP contribution is 2.33. The van der Waals surface area contributed by atoms with E-state index in [1.807, 2.05) is 12.1 Å². The van der Waals surface area contributed by atoms with Crippen LogP contribution in [0.1, 0.15) is 48.0 Å². The van der Waals surface area contributed by atoms with Crippen LogP contribution in [-0.2, 0) is 20.7 Å². The first-order valence-corrected chi connectivity index (χ1v) is 9.69. The van der Waals surface area contributed by atoms with Crippen molar-refractivity contribution < 1.29 is 23.9 Å². The maximum atomic E-state index is 12.6. The minimum Gasteiger partial charge on any atom is -0.493 e. The van der Waals surface area contributed by atoms with Crippen LogP contribution in [0.2, 0.25) is 0 Å². The number of ketones is 3. The van der Waals surface area contributed by atoms with Crippen LogP contribution in [-0.4, -0.2) is 24.5 Å². The summed E-state index contributed by atoms with van der Waals surface area (Å²) >= 11 is 0. The molecular weight excluding hydrogens is 356 g/mol. The van der Waals surface area contributed by atoms with Crippen LogP contribution in [0.25, 0.3) is 0 Å². The van der Waals surface area contributed by atoms with Gasteiger partial charge in [-0.2, -0.15) is 0 Å². The summed E-state index contributed by atoms with van der Waals surface area (Å²) in [4.78, 5) is 36.9. The summed E-state index contributed by atoms with van der Waals surface area (Å²) in [5, 5.41) is 0. The average molecular weight is 378 g/mol. The third-order valence-electron chi connectivity index (χ3n) is 5.59. The molecule has 0 amide bonds. The SMILES string of the molecule is COC1=CC(=C2Oc3cc(CC4CCCCC4)ccc3C(=O)C2=O)C=CC1=O. The Labute approximate surface area is 163 Å². The van der Waals surface area contributed by atoms with Gasteiger partial charge in [-0.15, -0.1) is 0 Å². The molecule has 0 bridgehead atoms. The van der Waals surface area contributed by atoms with Crippen LogP contribution in [0.4, 0.5) is 0 Å². The Morgan fingerprint density at radius 1 is 1.04 bits per heavy atom. The zero-order valence-corrected chi connectivity index (χ0v) is 15.8. The largest absolute Gasteiger partial charge is 0.493 e. The fourth-order valence-corrected chi connectivity index (χ4v) is 4.07. The smallest absolute Gasteiger partial charge is 0.269 e. The van der Waals surface area contributed by atoms with Gasteiger partial charge in [-0.3, -0.25) is 14.4 Å². The zero-order chi connectivity index (χ0) is 19.7. The molecule has 4 rings (SSSR count). The number of ether oxygens (including phenoxy) is 2. The van der Waals surface area contributed by atoms with Crippen LogP contribution in [0.5, 0.6) is 5.75 Å². The Morgan fingerprint density at radius 2 is 1.82 bits per heavy atom. The van der Waals surface area contributed by atoms with Crippen molar-refractivity contribution in [2.75, 3.05) is 7.11 Å². The molecule has 0 N–H and O–H groups in total. The van der Waals surface area contributed by atoms with Crippen molar-refractivity contribution in [2.45, 2.75) is 38.5 Å². The molecule has 3 aliphatic rings. The van der Waals surface area contributed by atoms with E-state index in [1.165, 1.54) is 57.4 Å². The summed E-state index contributed by atoms with van der Waals surface area (Å²) in [6.07, 6.45) is 11.5. The van der Waals surface area contributed by atoms with E-state index in [0.717, 1.165) is 12.0 Å². The molecule has 0 atom stereocenters. The molecule has 144 valence electrons. The Kier molecular flexibility index (Phi) is 4.99. The van der Waals surface area contributed by atoms with E-state index in [4.69, 9.17) is 9.47 Å². The molecule has 1 aliphatic heterocycles. The monoisotopic (exact) mass is 378 g/mol. The van der Waals surface area contributed by atoms with Gasteiger partial charge in [0.1, 0.15) is 5.75 Å². The maximum absolute atomic E-state index is 12.6. The van der Waals surface area contributed by atoms with Crippen molar-refractivity contribution in [3.63, 3.8) is 0 Å². The molecule has 5 heteroatoms. The van der Waals surface area contributed by atoms with Gasteiger partial charge in [-0.1, -0.05) is 38.2 Å². The number of benzene rings is 1. The molecule has 2 aliphatic carbocycles. The van der Waals surface area contributed by atoms with E-state index in [2.05, 4.69) is 0 Å². The number of allylic oxidation sites excluding steroid dienone is 5. The lowest BCUT2D eigenvalue weighted by Gasteiger charge is -2.23.